The predicted molar refractivity (Wildman–Crippen MR) is 96.1 cm³/mol. The van der Waals surface area contributed by atoms with Gasteiger partial charge in [0.05, 0.1) is 11.7 Å². The van der Waals surface area contributed by atoms with E-state index in [2.05, 4.69) is 5.32 Å². The van der Waals surface area contributed by atoms with Crippen LogP contribution < -0.4 is 5.32 Å². The van der Waals surface area contributed by atoms with Gasteiger partial charge in [-0.1, -0.05) is 12.1 Å². The van der Waals surface area contributed by atoms with E-state index in [4.69, 9.17) is 14.6 Å². The summed E-state index contributed by atoms with van der Waals surface area (Å²) >= 11 is 1.17. The van der Waals surface area contributed by atoms with Gasteiger partial charge in [0.25, 0.3) is 5.91 Å². The third-order valence-electron chi connectivity index (χ3n) is 3.91. The summed E-state index contributed by atoms with van der Waals surface area (Å²) in [6.45, 7) is 4.25. The van der Waals surface area contributed by atoms with Gasteiger partial charge in [-0.05, 0) is 38.3 Å². The Kier molecular flexibility index (Phi) is 8.24. The topological polar surface area (TPSA) is 84.9 Å². The number of amides is 1. The fraction of sp³-hybridized carbons (Fsp3) is 0.556. The molecule has 1 fully saturated rings. The van der Waals surface area contributed by atoms with Crippen LogP contribution in [-0.4, -0.2) is 54.7 Å². The van der Waals surface area contributed by atoms with Crippen molar-refractivity contribution < 1.29 is 24.2 Å². The van der Waals surface area contributed by atoms with Gasteiger partial charge in [-0.3, -0.25) is 9.59 Å². The average molecular weight is 367 g/mol. The molecule has 1 unspecified atom stereocenters. The van der Waals surface area contributed by atoms with Crippen molar-refractivity contribution in [2.45, 2.75) is 42.4 Å². The molecule has 2 rings (SSSR count). The zero-order valence-corrected chi connectivity index (χ0v) is 15.2. The normalized spacial score (nSPS) is 16.4. The van der Waals surface area contributed by atoms with Gasteiger partial charge in [0.1, 0.15) is 5.25 Å². The molecule has 1 atom stereocenters. The van der Waals surface area contributed by atoms with Gasteiger partial charge in [-0.15, -0.1) is 11.8 Å². The maximum absolute atomic E-state index is 12.4. The number of nitrogens with one attached hydrogen (secondary N) is 1. The summed E-state index contributed by atoms with van der Waals surface area (Å²) in [6.07, 6.45) is 2.86. The Hall–Kier alpha value is -1.57. The summed E-state index contributed by atoms with van der Waals surface area (Å²) in [7, 11) is 0. The molecule has 138 valence electrons. The van der Waals surface area contributed by atoms with Gasteiger partial charge in [-0.2, -0.15) is 0 Å². The first-order chi connectivity index (χ1) is 12.1. The number of benzene rings is 1. The number of rotatable bonds is 9. The Bertz CT molecular complexity index is 574. The molecule has 0 aromatic heterocycles. The van der Waals surface area contributed by atoms with E-state index in [1.54, 1.807) is 31.2 Å². The minimum atomic E-state index is -0.898. The molecule has 0 bridgehead atoms. The number of hydrogen-bond donors (Lipinski definition) is 2. The van der Waals surface area contributed by atoms with Crippen LogP contribution in [0.2, 0.25) is 0 Å². The summed E-state index contributed by atoms with van der Waals surface area (Å²) < 4.78 is 11.1. The van der Waals surface area contributed by atoms with Crippen LogP contribution in [0.15, 0.2) is 29.2 Å². The third-order valence-corrected chi connectivity index (χ3v) is 5.08. The molecule has 1 aromatic rings. The second-order valence-corrected chi connectivity index (χ2v) is 7.27. The van der Waals surface area contributed by atoms with E-state index in [9.17, 15) is 9.59 Å². The molecule has 1 amide bonds. The number of aliphatic carboxylic acids is 1. The van der Waals surface area contributed by atoms with Crippen LogP contribution in [0.3, 0.4) is 0 Å². The lowest BCUT2D eigenvalue weighted by atomic mass is 10.1. The molecule has 2 N–H and O–H groups in total. The van der Waals surface area contributed by atoms with Gasteiger partial charge in [0.15, 0.2) is 0 Å². The molecule has 0 radical (unpaired) electrons. The molecular formula is C18H25NO5S. The van der Waals surface area contributed by atoms with Crippen molar-refractivity contribution >= 4 is 23.6 Å². The van der Waals surface area contributed by atoms with Gasteiger partial charge < -0.3 is 19.9 Å². The number of thioether (sulfide) groups is 1. The molecule has 6 nitrogen and oxygen atoms in total. The highest BCUT2D eigenvalue weighted by Gasteiger charge is 2.18. The van der Waals surface area contributed by atoms with Crippen molar-refractivity contribution in [3.8, 4) is 0 Å². The molecule has 7 heteroatoms. The second-order valence-electron chi connectivity index (χ2n) is 5.89. The lowest BCUT2D eigenvalue weighted by molar-refractivity contribution is -0.136. The van der Waals surface area contributed by atoms with Crippen LogP contribution in [0.4, 0.5) is 0 Å². The summed E-state index contributed by atoms with van der Waals surface area (Å²) in [5, 5.41) is 11.3. The SMILES string of the molecule is CC(Sc1ccccc1C(=O)NCCCOC1CCOCC1)C(=O)O. The van der Waals surface area contributed by atoms with Gasteiger partial charge in [0, 0.05) is 31.3 Å². The molecule has 1 saturated heterocycles. The van der Waals surface area contributed by atoms with E-state index in [-0.39, 0.29) is 12.0 Å². The van der Waals surface area contributed by atoms with Gasteiger partial charge in [0.2, 0.25) is 0 Å². The zero-order valence-electron chi connectivity index (χ0n) is 14.4. The summed E-state index contributed by atoms with van der Waals surface area (Å²) in [6, 6.07) is 7.06. The Balaban J connectivity index is 1.75. The highest BCUT2D eigenvalue weighted by Crippen LogP contribution is 2.26. The maximum Gasteiger partial charge on any atom is 0.316 e. The smallest absolute Gasteiger partial charge is 0.316 e. The number of ether oxygens (including phenoxy) is 2. The quantitative estimate of drug-likeness (QED) is 0.515. The monoisotopic (exact) mass is 367 g/mol. The van der Waals surface area contributed by atoms with Crippen molar-refractivity contribution in [2.75, 3.05) is 26.4 Å². The second kappa shape index (κ2) is 10.4. The number of carboxylic acid groups (broad SMARTS) is 1. The van der Waals surface area contributed by atoms with Crippen molar-refractivity contribution in [3.63, 3.8) is 0 Å². The Labute approximate surface area is 152 Å². The molecule has 0 spiro atoms. The van der Waals surface area contributed by atoms with Crippen LogP contribution in [0, 0.1) is 0 Å². The van der Waals surface area contributed by atoms with Crippen LogP contribution in [0.5, 0.6) is 0 Å². The van der Waals surface area contributed by atoms with Crippen LogP contribution in [-0.2, 0) is 14.3 Å². The van der Waals surface area contributed by atoms with Gasteiger partial charge >= 0.3 is 5.97 Å². The minimum Gasteiger partial charge on any atom is -0.480 e. The number of carboxylic acids is 1. The van der Waals surface area contributed by atoms with E-state index in [0.29, 0.717) is 23.6 Å². The summed E-state index contributed by atoms with van der Waals surface area (Å²) in [4.78, 5) is 24.0. The fourth-order valence-electron chi connectivity index (χ4n) is 2.46. The Morgan fingerprint density at radius 2 is 2.08 bits per heavy atom. The molecule has 1 aliphatic rings. The summed E-state index contributed by atoms with van der Waals surface area (Å²) in [5.41, 5.74) is 0.506. The number of carbonyl (C=O) groups is 2. The molecule has 0 aliphatic carbocycles. The molecule has 1 aromatic carbocycles. The third kappa shape index (κ3) is 6.68. The molecule has 1 aliphatic heterocycles. The largest absolute Gasteiger partial charge is 0.480 e. The number of hydrogen-bond acceptors (Lipinski definition) is 5. The fourth-order valence-corrected chi connectivity index (χ4v) is 3.39. The molecule has 1 heterocycles. The highest BCUT2D eigenvalue weighted by molar-refractivity contribution is 8.00. The lowest BCUT2D eigenvalue weighted by Crippen LogP contribution is -2.28. The van der Waals surface area contributed by atoms with Crippen molar-refractivity contribution in [1.82, 2.24) is 5.32 Å². The van der Waals surface area contributed by atoms with E-state index < -0.39 is 11.2 Å². The van der Waals surface area contributed by atoms with Crippen LogP contribution >= 0.6 is 11.8 Å². The zero-order chi connectivity index (χ0) is 18.1. The van der Waals surface area contributed by atoms with Gasteiger partial charge in [-0.25, -0.2) is 0 Å². The number of carbonyl (C=O) groups excluding carboxylic acids is 1. The van der Waals surface area contributed by atoms with Crippen LogP contribution in [0.1, 0.15) is 36.5 Å². The van der Waals surface area contributed by atoms with E-state index in [0.717, 1.165) is 32.5 Å². The molecule has 25 heavy (non-hydrogen) atoms. The first-order valence-electron chi connectivity index (χ1n) is 8.54. The average Bonchev–Trinajstić information content (AvgIpc) is 2.62. The summed E-state index contributed by atoms with van der Waals surface area (Å²) in [5.74, 6) is -1.09. The first kappa shape index (κ1) is 19.8. The molecule has 0 saturated carbocycles. The van der Waals surface area contributed by atoms with E-state index >= 15 is 0 Å². The van der Waals surface area contributed by atoms with Crippen molar-refractivity contribution in [3.05, 3.63) is 29.8 Å². The highest BCUT2D eigenvalue weighted by atomic mass is 32.2. The maximum atomic E-state index is 12.4. The van der Waals surface area contributed by atoms with E-state index in [1.807, 2.05) is 0 Å². The Morgan fingerprint density at radius 1 is 1.36 bits per heavy atom. The standard InChI is InChI=1S/C18H25NO5S/c1-13(18(21)22)25-16-6-3-2-5-15(16)17(20)19-9-4-10-24-14-7-11-23-12-8-14/h2-3,5-6,13-14H,4,7-12H2,1H3,(H,19,20)(H,21,22). The molecular weight excluding hydrogens is 342 g/mol. The van der Waals surface area contributed by atoms with Crippen LogP contribution in [0.25, 0.3) is 0 Å². The lowest BCUT2D eigenvalue weighted by Gasteiger charge is -2.22. The van der Waals surface area contributed by atoms with E-state index in [1.165, 1.54) is 11.8 Å². The first-order valence-corrected chi connectivity index (χ1v) is 9.42. The predicted octanol–water partition coefficient (Wildman–Crippen LogP) is 2.57. The Morgan fingerprint density at radius 3 is 2.80 bits per heavy atom. The minimum absolute atomic E-state index is 0.188. The van der Waals surface area contributed by atoms with Crippen molar-refractivity contribution in [1.29, 1.82) is 0 Å². The van der Waals surface area contributed by atoms with Crippen molar-refractivity contribution in [2.24, 2.45) is 0 Å².